The number of hydrogen-bond acceptors (Lipinski definition) is 3. The highest BCUT2D eigenvalue weighted by atomic mass is 16.5. The van der Waals surface area contributed by atoms with Gasteiger partial charge in [0, 0.05) is 28.4 Å². The first-order valence-electron chi connectivity index (χ1n) is 6.55. The quantitative estimate of drug-likeness (QED) is 0.834. The van der Waals surface area contributed by atoms with Crippen molar-refractivity contribution in [2.75, 3.05) is 12.4 Å². The Hall–Kier alpha value is -2.23. The molecule has 0 aliphatic carbocycles. The fourth-order valence-corrected chi connectivity index (χ4v) is 2.31. The maximum atomic E-state index is 11.1. The van der Waals surface area contributed by atoms with Gasteiger partial charge >= 0.3 is 0 Å². The molecule has 2 aromatic rings. The van der Waals surface area contributed by atoms with Crippen molar-refractivity contribution in [1.82, 2.24) is 4.98 Å². The molecule has 2 N–H and O–H groups in total. The van der Waals surface area contributed by atoms with E-state index in [1.54, 1.807) is 13.2 Å². The van der Waals surface area contributed by atoms with E-state index in [-0.39, 0.29) is 5.78 Å². The van der Waals surface area contributed by atoms with Gasteiger partial charge in [0.05, 0.1) is 12.8 Å². The molecule has 0 aliphatic rings. The van der Waals surface area contributed by atoms with Crippen LogP contribution in [0.15, 0.2) is 23.9 Å². The van der Waals surface area contributed by atoms with E-state index in [1.165, 1.54) is 12.5 Å². The van der Waals surface area contributed by atoms with E-state index in [0.717, 1.165) is 33.7 Å². The Morgan fingerprint density at radius 3 is 2.60 bits per heavy atom. The second kappa shape index (κ2) is 5.41. The van der Waals surface area contributed by atoms with Gasteiger partial charge in [-0.2, -0.15) is 0 Å². The van der Waals surface area contributed by atoms with Crippen molar-refractivity contribution >= 4 is 22.4 Å². The Morgan fingerprint density at radius 2 is 2.00 bits per heavy atom. The molecule has 4 nitrogen and oxygen atoms in total. The summed E-state index contributed by atoms with van der Waals surface area (Å²) < 4.78 is 5.41. The number of aromatic nitrogens is 1. The van der Waals surface area contributed by atoms with Crippen molar-refractivity contribution in [2.24, 2.45) is 0 Å². The standard InChI is InChI=1S/C16H20N2O2/c1-9(6-10(2)19)17-15-7-13-11(3)12(4)18-14(13)8-16(15)20-5/h6-8,17-18H,1-5H3/b9-6-. The number of methoxy groups -OCH3 is 1. The molecule has 1 aromatic heterocycles. The summed E-state index contributed by atoms with van der Waals surface area (Å²) in [5, 5.41) is 4.38. The number of ether oxygens (including phenoxy) is 1. The summed E-state index contributed by atoms with van der Waals surface area (Å²) in [6.45, 7) is 7.53. The molecule has 0 radical (unpaired) electrons. The van der Waals surface area contributed by atoms with Crippen LogP contribution in [0.4, 0.5) is 5.69 Å². The summed E-state index contributed by atoms with van der Waals surface area (Å²) in [7, 11) is 1.64. The van der Waals surface area contributed by atoms with E-state index in [2.05, 4.69) is 24.1 Å². The minimum atomic E-state index is 0.0173. The molecule has 106 valence electrons. The summed E-state index contributed by atoms with van der Waals surface area (Å²) >= 11 is 0. The van der Waals surface area contributed by atoms with Crippen LogP contribution in [0.25, 0.3) is 10.9 Å². The van der Waals surface area contributed by atoms with Gasteiger partial charge in [-0.1, -0.05) is 0 Å². The summed E-state index contributed by atoms with van der Waals surface area (Å²) in [5.74, 6) is 0.763. The topological polar surface area (TPSA) is 54.1 Å². The average Bonchev–Trinajstić information content (AvgIpc) is 2.63. The Kier molecular flexibility index (Phi) is 3.84. The molecular formula is C16H20N2O2. The molecule has 0 atom stereocenters. The SMILES string of the molecule is COc1cc2[nH]c(C)c(C)c2cc1N/C(C)=C\C(C)=O. The Bertz CT molecular complexity index is 696. The first-order chi connectivity index (χ1) is 9.42. The third kappa shape index (κ3) is 2.69. The van der Waals surface area contributed by atoms with Gasteiger partial charge in [-0.25, -0.2) is 0 Å². The zero-order valence-corrected chi connectivity index (χ0v) is 12.5. The number of fused-ring (bicyclic) bond motifs is 1. The molecule has 1 aromatic carbocycles. The van der Waals surface area contributed by atoms with E-state index < -0.39 is 0 Å². The number of carbonyl (C=O) groups is 1. The van der Waals surface area contributed by atoms with Crippen molar-refractivity contribution < 1.29 is 9.53 Å². The van der Waals surface area contributed by atoms with Crippen molar-refractivity contribution in [3.8, 4) is 5.75 Å². The lowest BCUT2D eigenvalue weighted by Gasteiger charge is -2.12. The molecule has 20 heavy (non-hydrogen) atoms. The fraction of sp³-hybridized carbons (Fsp3) is 0.312. The van der Waals surface area contributed by atoms with Crippen molar-refractivity contribution in [3.63, 3.8) is 0 Å². The number of allylic oxidation sites excluding steroid dienone is 2. The molecule has 0 spiro atoms. The predicted molar refractivity (Wildman–Crippen MR) is 82.4 cm³/mol. The van der Waals surface area contributed by atoms with Gasteiger partial charge in [0.1, 0.15) is 5.75 Å². The molecule has 0 unspecified atom stereocenters. The first kappa shape index (κ1) is 14.2. The number of rotatable bonds is 4. The van der Waals surface area contributed by atoms with E-state index >= 15 is 0 Å². The number of carbonyl (C=O) groups excluding carboxylic acids is 1. The molecule has 0 bridgehead atoms. The van der Waals surface area contributed by atoms with Crippen molar-refractivity contribution in [1.29, 1.82) is 0 Å². The van der Waals surface area contributed by atoms with E-state index in [1.807, 2.05) is 19.1 Å². The normalized spacial score (nSPS) is 11.8. The van der Waals surface area contributed by atoms with Gasteiger partial charge in [-0.3, -0.25) is 4.79 Å². The second-order valence-corrected chi connectivity index (χ2v) is 5.04. The van der Waals surface area contributed by atoms with Crippen molar-refractivity contribution in [2.45, 2.75) is 27.7 Å². The number of ketones is 1. The van der Waals surface area contributed by atoms with Gasteiger partial charge in [0.15, 0.2) is 5.78 Å². The van der Waals surface area contributed by atoms with Crippen LogP contribution in [0.3, 0.4) is 0 Å². The lowest BCUT2D eigenvalue weighted by molar-refractivity contribution is -0.112. The van der Waals surface area contributed by atoms with E-state index in [0.29, 0.717) is 0 Å². The molecule has 0 fully saturated rings. The summed E-state index contributed by atoms with van der Waals surface area (Å²) in [6.07, 6.45) is 1.57. The largest absolute Gasteiger partial charge is 0.494 e. The third-order valence-corrected chi connectivity index (χ3v) is 3.38. The number of H-pyrrole nitrogens is 1. The summed E-state index contributed by atoms with van der Waals surface area (Å²) in [6, 6.07) is 4.02. The van der Waals surface area contributed by atoms with Crippen LogP contribution in [0.2, 0.25) is 0 Å². The fourth-order valence-electron chi connectivity index (χ4n) is 2.31. The minimum absolute atomic E-state index is 0.0173. The lowest BCUT2D eigenvalue weighted by atomic mass is 10.1. The van der Waals surface area contributed by atoms with Gasteiger partial charge in [0.2, 0.25) is 0 Å². The molecule has 0 amide bonds. The van der Waals surface area contributed by atoms with Crippen LogP contribution in [0.1, 0.15) is 25.1 Å². The van der Waals surface area contributed by atoms with Gasteiger partial charge < -0.3 is 15.0 Å². The smallest absolute Gasteiger partial charge is 0.154 e. The molecule has 0 saturated carbocycles. The number of nitrogens with one attached hydrogen (secondary N) is 2. The molecule has 1 heterocycles. The molecular weight excluding hydrogens is 252 g/mol. The van der Waals surface area contributed by atoms with Crippen molar-refractivity contribution in [3.05, 3.63) is 35.2 Å². The number of aryl methyl sites for hydroxylation is 2. The highest BCUT2D eigenvalue weighted by Crippen LogP contribution is 2.33. The van der Waals surface area contributed by atoms with E-state index in [9.17, 15) is 4.79 Å². The van der Waals surface area contributed by atoms with Gasteiger partial charge in [-0.15, -0.1) is 0 Å². The first-order valence-corrected chi connectivity index (χ1v) is 6.55. The van der Waals surface area contributed by atoms with Gasteiger partial charge in [0.25, 0.3) is 0 Å². The van der Waals surface area contributed by atoms with Crippen LogP contribution in [-0.2, 0) is 4.79 Å². The average molecular weight is 272 g/mol. The maximum absolute atomic E-state index is 11.1. The van der Waals surface area contributed by atoms with E-state index in [4.69, 9.17) is 4.74 Å². The Balaban J connectivity index is 2.51. The number of aromatic amines is 1. The number of anilines is 1. The van der Waals surface area contributed by atoms with Crippen LogP contribution >= 0.6 is 0 Å². The molecule has 0 aliphatic heterocycles. The van der Waals surface area contributed by atoms with Gasteiger partial charge in [-0.05, 0) is 45.4 Å². The number of hydrogen-bond donors (Lipinski definition) is 2. The third-order valence-electron chi connectivity index (χ3n) is 3.38. The zero-order chi connectivity index (χ0) is 14.9. The second-order valence-electron chi connectivity index (χ2n) is 5.04. The number of benzene rings is 1. The minimum Gasteiger partial charge on any atom is -0.494 e. The van der Waals surface area contributed by atoms with Crippen LogP contribution in [0, 0.1) is 13.8 Å². The molecule has 0 saturated heterocycles. The Morgan fingerprint density at radius 1 is 1.30 bits per heavy atom. The molecule has 4 heteroatoms. The summed E-state index contributed by atoms with van der Waals surface area (Å²) in [4.78, 5) is 14.5. The lowest BCUT2D eigenvalue weighted by Crippen LogP contribution is -2.00. The summed E-state index contributed by atoms with van der Waals surface area (Å²) in [5.41, 5.74) is 5.07. The van der Waals surface area contributed by atoms with Crippen LogP contribution in [-0.4, -0.2) is 17.9 Å². The zero-order valence-electron chi connectivity index (χ0n) is 12.5. The van der Waals surface area contributed by atoms with Crippen LogP contribution in [0.5, 0.6) is 5.75 Å². The van der Waals surface area contributed by atoms with Crippen LogP contribution < -0.4 is 10.1 Å². The maximum Gasteiger partial charge on any atom is 0.154 e. The highest BCUT2D eigenvalue weighted by Gasteiger charge is 2.10. The molecule has 2 rings (SSSR count). The monoisotopic (exact) mass is 272 g/mol. The highest BCUT2D eigenvalue weighted by molar-refractivity contribution is 5.91. The predicted octanol–water partition coefficient (Wildman–Crippen LogP) is 3.70. The Labute approximate surface area is 118 Å².